The molecule has 140 valence electrons. The highest BCUT2D eigenvalue weighted by Gasteiger charge is 2.26. The number of nitrogens with one attached hydrogen (secondary N) is 1. The van der Waals surface area contributed by atoms with Gasteiger partial charge in [-0.2, -0.15) is 0 Å². The SMILES string of the molecule is Cc1cc(S(=O)(=O)Nc2cccc(-c3csc(C4CC4)n3)c2)c(C)cc1Cl. The first-order valence-corrected chi connectivity index (χ1v) is 11.4. The molecule has 0 atom stereocenters. The Bertz CT molecular complexity index is 1120. The summed E-state index contributed by atoms with van der Waals surface area (Å²) >= 11 is 7.77. The average Bonchev–Trinajstić information content (AvgIpc) is 3.35. The number of nitrogens with zero attached hydrogens (tertiary/aromatic N) is 1. The van der Waals surface area contributed by atoms with Gasteiger partial charge in [0, 0.05) is 27.6 Å². The molecule has 1 aromatic heterocycles. The van der Waals surface area contributed by atoms with Crippen molar-refractivity contribution < 1.29 is 8.42 Å². The molecule has 1 aliphatic rings. The zero-order valence-corrected chi connectivity index (χ0v) is 17.4. The van der Waals surface area contributed by atoms with Gasteiger partial charge in [-0.3, -0.25) is 4.72 Å². The predicted octanol–water partition coefficient (Wildman–Crippen LogP) is 5.76. The summed E-state index contributed by atoms with van der Waals surface area (Å²) in [4.78, 5) is 4.94. The highest BCUT2D eigenvalue weighted by Crippen LogP contribution is 2.42. The van der Waals surface area contributed by atoms with E-state index >= 15 is 0 Å². The molecule has 0 bridgehead atoms. The van der Waals surface area contributed by atoms with Crippen LogP contribution in [-0.2, 0) is 10.0 Å². The lowest BCUT2D eigenvalue weighted by Gasteiger charge is -2.12. The number of aromatic nitrogens is 1. The van der Waals surface area contributed by atoms with Gasteiger partial charge >= 0.3 is 0 Å². The molecule has 7 heteroatoms. The number of aryl methyl sites for hydroxylation is 2. The van der Waals surface area contributed by atoms with Crippen molar-refractivity contribution in [2.24, 2.45) is 0 Å². The third-order valence-corrected chi connectivity index (χ3v) is 7.54. The maximum Gasteiger partial charge on any atom is 0.262 e. The molecule has 4 nitrogen and oxygen atoms in total. The fourth-order valence-electron chi connectivity index (χ4n) is 2.93. The van der Waals surface area contributed by atoms with Crippen LogP contribution in [-0.4, -0.2) is 13.4 Å². The van der Waals surface area contributed by atoms with Gasteiger partial charge in [-0.25, -0.2) is 13.4 Å². The molecule has 1 saturated carbocycles. The molecule has 0 unspecified atom stereocenters. The van der Waals surface area contributed by atoms with Crippen LogP contribution in [0, 0.1) is 13.8 Å². The van der Waals surface area contributed by atoms with Crippen LogP contribution in [0.5, 0.6) is 0 Å². The van der Waals surface area contributed by atoms with Gasteiger partial charge in [0.1, 0.15) is 0 Å². The molecule has 0 radical (unpaired) electrons. The molecule has 1 aliphatic carbocycles. The van der Waals surface area contributed by atoms with E-state index in [0.29, 0.717) is 22.2 Å². The second kappa shape index (κ2) is 6.93. The summed E-state index contributed by atoms with van der Waals surface area (Å²) < 4.78 is 28.4. The third-order valence-electron chi connectivity index (χ3n) is 4.60. The molecular formula is C20H19ClN2O2S2. The maximum atomic E-state index is 12.9. The van der Waals surface area contributed by atoms with Gasteiger partial charge in [-0.15, -0.1) is 11.3 Å². The molecule has 1 fully saturated rings. The molecule has 2 aromatic carbocycles. The summed E-state index contributed by atoms with van der Waals surface area (Å²) in [5.41, 5.74) is 3.65. The van der Waals surface area contributed by atoms with E-state index in [1.807, 2.05) is 23.6 Å². The smallest absolute Gasteiger partial charge is 0.262 e. The average molecular weight is 419 g/mol. The van der Waals surface area contributed by atoms with Crippen LogP contribution in [0.25, 0.3) is 11.3 Å². The fraction of sp³-hybridized carbons (Fsp3) is 0.250. The van der Waals surface area contributed by atoms with E-state index in [2.05, 4.69) is 4.72 Å². The van der Waals surface area contributed by atoms with Crippen LogP contribution < -0.4 is 4.72 Å². The number of rotatable bonds is 5. The first kappa shape index (κ1) is 18.5. The topological polar surface area (TPSA) is 59.1 Å². The summed E-state index contributed by atoms with van der Waals surface area (Å²) in [6, 6.07) is 10.6. The Morgan fingerprint density at radius 2 is 1.93 bits per heavy atom. The van der Waals surface area contributed by atoms with E-state index in [1.54, 1.807) is 43.4 Å². The second-order valence-electron chi connectivity index (χ2n) is 6.90. The number of hydrogen-bond donors (Lipinski definition) is 1. The van der Waals surface area contributed by atoms with Crippen molar-refractivity contribution in [3.05, 3.63) is 62.9 Å². The lowest BCUT2D eigenvalue weighted by atomic mass is 10.1. The number of anilines is 1. The summed E-state index contributed by atoms with van der Waals surface area (Å²) in [6.45, 7) is 3.53. The van der Waals surface area contributed by atoms with Crippen molar-refractivity contribution in [2.75, 3.05) is 4.72 Å². The first-order chi connectivity index (χ1) is 12.8. The van der Waals surface area contributed by atoms with Gasteiger partial charge in [0.25, 0.3) is 10.0 Å². The lowest BCUT2D eigenvalue weighted by Crippen LogP contribution is -2.14. The minimum Gasteiger partial charge on any atom is -0.280 e. The molecule has 0 aliphatic heterocycles. The van der Waals surface area contributed by atoms with Crippen molar-refractivity contribution in [3.8, 4) is 11.3 Å². The minimum absolute atomic E-state index is 0.236. The molecule has 27 heavy (non-hydrogen) atoms. The van der Waals surface area contributed by atoms with Crippen molar-refractivity contribution in [2.45, 2.75) is 37.5 Å². The quantitative estimate of drug-likeness (QED) is 0.573. The Hall–Kier alpha value is -1.89. The highest BCUT2D eigenvalue weighted by atomic mass is 35.5. The van der Waals surface area contributed by atoms with E-state index in [0.717, 1.165) is 16.8 Å². The van der Waals surface area contributed by atoms with E-state index in [1.165, 1.54) is 17.8 Å². The number of hydrogen-bond acceptors (Lipinski definition) is 4. The van der Waals surface area contributed by atoms with Crippen LogP contribution in [0.1, 0.15) is 34.9 Å². The number of sulfonamides is 1. The van der Waals surface area contributed by atoms with Crippen LogP contribution in [0.3, 0.4) is 0 Å². The lowest BCUT2D eigenvalue weighted by molar-refractivity contribution is 0.600. The minimum atomic E-state index is -3.71. The Morgan fingerprint density at radius 3 is 2.67 bits per heavy atom. The third kappa shape index (κ3) is 3.88. The normalized spacial score (nSPS) is 14.3. The van der Waals surface area contributed by atoms with E-state index in [9.17, 15) is 8.42 Å². The standard InChI is InChI=1S/C20H19ClN2O2S2/c1-12-9-19(13(2)8-17(12)21)27(24,25)23-16-5-3-4-15(10-16)18-11-26-20(22-18)14-6-7-14/h3-5,8-11,14,23H,6-7H2,1-2H3. The van der Waals surface area contributed by atoms with Crippen molar-refractivity contribution >= 4 is 38.6 Å². The zero-order valence-electron chi connectivity index (χ0n) is 15.0. The van der Waals surface area contributed by atoms with Gasteiger partial charge in [0.15, 0.2) is 0 Å². The predicted molar refractivity (Wildman–Crippen MR) is 111 cm³/mol. The van der Waals surface area contributed by atoms with E-state index in [4.69, 9.17) is 16.6 Å². The van der Waals surface area contributed by atoms with Gasteiger partial charge in [-0.05, 0) is 62.1 Å². The van der Waals surface area contributed by atoms with Gasteiger partial charge in [0.05, 0.1) is 15.6 Å². The Kier molecular flexibility index (Phi) is 4.74. The number of benzene rings is 2. The Balaban J connectivity index is 1.63. The molecule has 0 saturated heterocycles. The molecule has 0 amide bonds. The summed E-state index contributed by atoms with van der Waals surface area (Å²) in [6.07, 6.45) is 2.43. The molecule has 1 heterocycles. The monoisotopic (exact) mass is 418 g/mol. The largest absolute Gasteiger partial charge is 0.280 e. The van der Waals surface area contributed by atoms with Gasteiger partial charge in [0.2, 0.25) is 0 Å². The van der Waals surface area contributed by atoms with Gasteiger partial charge < -0.3 is 0 Å². The van der Waals surface area contributed by atoms with E-state index < -0.39 is 10.0 Å². The summed E-state index contributed by atoms with van der Waals surface area (Å²) in [5, 5.41) is 3.76. The van der Waals surface area contributed by atoms with Crippen LogP contribution in [0.15, 0.2) is 46.7 Å². The molecule has 1 N–H and O–H groups in total. The second-order valence-corrected chi connectivity index (χ2v) is 9.85. The molecule has 3 aromatic rings. The van der Waals surface area contributed by atoms with Crippen molar-refractivity contribution in [1.82, 2.24) is 4.98 Å². The number of halogens is 1. The summed E-state index contributed by atoms with van der Waals surface area (Å²) in [7, 11) is -3.71. The van der Waals surface area contributed by atoms with E-state index in [-0.39, 0.29) is 4.90 Å². The van der Waals surface area contributed by atoms with Crippen LogP contribution >= 0.6 is 22.9 Å². The van der Waals surface area contributed by atoms with Crippen LogP contribution in [0.4, 0.5) is 5.69 Å². The Morgan fingerprint density at radius 1 is 1.15 bits per heavy atom. The zero-order chi connectivity index (χ0) is 19.2. The summed E-state index contributed by atoms with van der Waals surface area (Å²) in [5.74, 6) is 0.613. The molecular weight excluding hydrogens is 400 g/mol. The highest BCUT2D eigenvalue weighted by molar-refractivity contribution is 7.92. The first-order valence-electron chi connectivity index (χ1n) is 8.69. The Labute approximate surface area is 168 Å². The van der Waals surface area contributed by atoms with Crippen LogP contribution in [0.2, 0.25) is 5.02 Å². The number of thiazole rings is 1. The van der Waals surface area contributed by atoms with Gasteiger partial charge in [-0.1, -0.05) is 23.7 Å². The maximum absolute atomic E-state index is 12.9. The molecule has 4 rings (SSSR count). The molecule has 0 spiro atoms. The fourth-order valence-corrected chi connectivity index (χ4v) is 5.51. The van der Waals surface area contributed by atoms with Crippen molar-refractivity contribution in [1.29, 1.82) is 0 Å². The van der Waals surface area contributed by atoms with Crippen molar-refractivity contribution in [3.63, 3.8) is 0 Å².